The molecule has 1 aromatic rings. The summed E-state index contributed by atoms with van der Waals surface area (Å²) in [6.45, 7) is 3.90. The van der Waals surface area contributed by atoms with Crippen LogP contribution in [0, 0.1) is 0 Å². The van der Waals surface area contributed by atoms with Crippen LogP contribution in [-0.2, 0) is 14.8 Å². The maximum atomic E-state index is 13.0. The van der Waals surface area contributed by atoms with Gasteiger partial charge in [-0.2, -0.15) is 4.31 Å². The number of quaternary nitrogens is 1. The summed E-state index contributed by atoms with van der Waals surface area (Å²) in [7, 11) is -0.631. The Balaban J connectivity index is 1.61. The van der Waals surface area contributed by atoms with Gasteiger partial charge in [-0.05, 0) is 31.9 Å². The smallest absolute Gasteiger partial charge is 0.278 e. The zero-order chi connectivity index (χ0) is 21.0. The number of nitrogens with zero attached hydrogens (tertiary/aromatic N) is 1. The fourth-order valence-electron chi connectivity index (χ4n) is 4.15. The molecular weight excluding hydrogens is 394 g/mol. The lowest BCUT2D eigenvalue weighted by molar-refractivity contribution is -0.917. The average molecular weight is 427 g/mol. The molecule has 2 fully saturated rings. The third-order valence-corrected chi connectivity index (χ3v) is 7.96. The Morgan fingerprint density at radius 2 is 1.76 bits per heavy atom. The fourth-order valence-corrected chi connectivity index (χ4v) is 5.61. The van der Waals surface area contributed by atoms with Crippen molar-refractivity contribution in [3.63, 3.8) is 0 Å². The lowest BCUT2D eigenvalue weighted by Crippen LogP contribution is -3.19. The molecule has 0 bridgehead atoms. The maximum Gasteiger partial charge on any atom is 0.278 e. The van der Waals surface area contributed by atoms with Crippen LogP contribution in [0.4, 0.5) is 0 Å². The van der Waals surface area contributed by atoms with Gasteiger partial charge in [0.25, 0.3) is 5.91 Å². The van der Waals surface area contributed by atoms with E-state index in [1.165, 1.54) is 43.5 Å². The van der Waals surface area contributed by atoms with Gasteiger partial charge >= 0.3 is 0 Å². The zero-order valence-electron chi connectivity index (χ0n) is 17.4. The van der Waals surface area contributed by atoms with Gasteiger partial charge in [0.2, 0.25) is 10.0 Å². The molecule has 9 heteroatoms. The number of hydrogen-bond acceptors (Lipinski definition) is 5. The summed E-state index contributed by atoms with van der Waals surface area (Å²) in [5, 5.41) is 3.15. The summed E-state index contributed by atoms with van der Waals surface area (Å²) in [6, 6.07) is 4.75. The molecule has 1 aliphatic carbocycles. The van der Waals surface area contributed by atoms with Crippen LogP contribution in [0.15, 0.2) is 23.1 Å². The van der Waals surface area contributed by atoms with Crippen LogP contribution in [0.5, 0.6) is 11.5 Å². The van der Waals surface area contributed by atoms with Gasteiger partial charge in [-0.3, -0.25) is 4.79 Å². The van der Waals surface area contributed by atoms with Gasteiger partial charge in [-0.25, -0.2) is 8.42 Å². The second-order valence-electron chi connectivity index (χ2n) is 7.79. The molecule has 1 saturated carbocycles. The number of carbonyl (C=O) groups is 1. The van der Waals surface area contributed by atoms with Crippen molar-refractivity contribution in [2.24, 2.45) is 0 Å². The quantitative estimate of drug-likeness (QED) is 0.643. The first kappa shape index (κ1) is 21.9. The van der Waals surface area contributed by atoms with Crippen LogP contribution in [-0.4, -0.2) is 71.1 Å². The van der Waals surface area contributed by atoms with Crippen LogP contribution in [0.1, 0.15) is 32.6 Å². The number of carbonyl (C=O) groups excluding carboxylic acids is 1. The van der Waals surface area contributed by atoms with Crippen molar-refractivity contribution in [2.75, 3.05) is 40.4 Å². The number of methoxy groups -OCH3 is 2. The molecule has 162 valence electrons. The van der Waals surface area contributed by atoms with E-state index in [1.807, 2.05) is 6.92 Å². The number of amides is 1. The van der Waals surface area contributed by atoms with Crippen LogP contribution in [0.3, 0.4) is 0 Å². The van der Waals surface area contributed by atoms with Gasteiger partial charge in [0, 0.05) is 12.1 Å². The topological polar surface area (TPSA) is 89.4 Å². The molecule has 2 aliphatic rings. The third-order valence-electron chi connectivity index (χ3n) is 6.06. The molecule has 1 atom stereocenters. The SMILES string of the molecule is COc1ccc(S(=O)(=O)N2CC[NH+]([C@@H](C)C(=O)NC3CCCC3)CC2)cc1OC. The Bertz CT molecular complexity index is 815. The standard InChI is InChI=1S/C20H31N3O5S/c1-15(20(24)21-16-6-4-5-7-16)22-10-12-23(13-11-22)29(25,26)17-8-9-18(27-2)19(14-17)28-3/h8-9,14-16H,4-7,10-13H2,1-3H3,(H,21,24)/p+1/t15-/m0/s1. The van der Waals surface area contributed by atoms with Gasteiger partial charge in [0.05, 0.1) is 45.3 Å². The van der Waals surface area contributed by atoms with Crippen molar-refractivity contribution in [1.82, 2.24) is 9.62 Å². The van der Waals surface area contributed by atoms with Crippen molar-refractivity contribution in [1.29, 1.82) is 0 Å². The summed E-state index contributed by atoms with van der Waals surface area (Å²) in [5.74, 6) is 0.945. The molecule has 1 heterocycles. The van der Waals surface area contributed by atoms with E-state index >= 15 is 0 Å². The van der Waals surface area contributed by atoms with Crippen LogP contribution >= 0.6 is 0 Å². The number of ether oxygens (including phenoxy) is 2. The Morgan fingerprint density at radius 1 is 1.14 bits per heavy atom. The van der Waals surface area contributed by atoms with Crippen LogP contribution in [0.25, 0.3) is 0 Å². The molecule has 8 nitrogen and oxygen atoms in total. The van der Waals surface area contributed by atoms with Gasteiger partial charge in [0.15, 0.2) is 17.5 Å². The van der Waals surface area contributed by atoms with E-state index in [9.17, 15) is 13.2 Å². The third kappa shape index (κ3) is 4.84. The van der Waals surface area contributed by atoms with Crippen molar-refractivity contribution in [2.45, 2.75) is 49.6 Å². The van der Waals surface area contributed by atoms with Crippen molar-refractivity contribution in [3.8, 4) is 11.5 Å². The fraction of sp³-hybridized carbons (Fsp3) is 0.650. The predicted molar refractivity (Wildman–Crippen MR) is 109 cm³/mol. The summed E-state index contributed by atoms with van der Waals surface area (Å²) in [5.41, 5.74) is 0. The lowest BCUT2D eigenvalue weighted by Gasteiger charge is -2.34. The first-order valence-corrected chi connectivity index (χ1v) is 11.7. The second-order valence-corrected chi connectivity index (χ2v) is 9.73. The monoisotopic (exact) mass is 426 g/mol. The summed E-state index contributed by atoms with van der Waals surface area (Å²) < 4.78 is 38.0. The van der Waals surface area contributed by atoms with Crippen molar-refractivity contribution in [3.05, 3.63) is 18.2 Å². The second kappa shape index (κ2) is 9.32. The van der Waals surface area contributed by atoms with Gasteiger partial charge in [0.1, 0.15) is 0 Å². The van der Waals surface area contributed by atoms with Crippen molar-refractivity contribution >= 4 is 15.9 Å². The number of sulfonamides is 1. The number of hydrogen-bond donors (Lipinski definition) is 2. The van der Waals surface area contributed by atoms with Crippen LogP contribution in [0.2, 0.25) is 0 Å². The van der Waals surface area contributed by atoms with Gasteiger partial charge in [-0.15, -0.1) is 0 Å². The largest absolute Gasteiger partial charge is 0.493 e. The first-order valence-electron chi connectivity index (χ1n) is 10.2. The number of nitrogens with one attached hydrogen (secondary N) is 2. The highest BCUT2D eigenvalue weighted by Crippen LogP contribution is 2.30. The maximum absolute atomic E-state index is 13.0. The minimum atomic E-state index is -3.62. The molecule has 3 rings (SSSR count). The van der Waals surface area contributed by atoms with Crippen LogP contribution < -0.4 is 19.7 Å². The molecule has 1 saturated heterocycles. The molecule has 0 unspecified atom stereocenters. The number of benzene rings is 1. The Morgan fingerprint density at radius 3 is 2.34 bits per heavy atom. The highest BCUT2D eigenvalue weighted by molar-refractivity contribution is 7.89. The van der Waals surface area contributed by atoms with E-state index in [4.69, 9.17) is 9.47 Å². The molecule has 1 amide bonds. The molecule has 1 aromatic carbocycles. The Hall–Kier alpha value is -1.84. The minimum Gasteiger partial charge on any atom is -0.493 e. The van der Waals surface area contributed by atoms with E-state index in [1.54, 1.807) is 6.07 Å². The van der Waals surface area contributed by atoms with E-state index in [0.717, 1.165) is 17.7 Å². The van der Waals surface area contributed by atoms with Crippen molar-refractivity contribution < 1.29 is 27.6 Å². The van der Waals surface area contributed by atoms with Gasteiger partial charge < -0.3 is 19.7 Å². The average Bonchev–Trinajstić information content (AvgIpc) is 3.25. The highest BCUT2D eigenvalue weighted by Gasteiger charge is 2.35. The number of rotatable bonds is 7. The molecule has 29 heavy (non-hydrogen) atoms. The van der Waals surface area contributed by atoms with E-state index in [-0.39, 0.29) is 16.8 Å². The zero-order valence-corrected chi connectivity index (χ0v) is 18.3. The predicted octanol–water partition coefficient (Wildman–Crippen LogP) is 0.0403. The van der Waals surface area contributed by atoms with E-state index in [2.05, 4.69) is 5.32 Å². The normalized spacial score (nSPS) is 20.4. The van der Waals surface area contributed by atoms with E-state index < -0.39 is 10.0 Å². The molecule has 0 spiro atoms. The Kier molecular flexibility index (Phi) is 7.02. The Labute approximate surface area is 173 Å². The molecule has 2 N–H and O–H groups in total. The number of piperazine rings is 1. The molecule has 1 aliphatic heterocycles. The summed E-state index contributed by atoms with van der Waals surface area (Å²) in [4.78, 5) is 13.8. The van der Waals surface area contributed by atoms with E-state index in [0.29, 0.717) is 43.7 Å². The lowest BCUT2D eigenvalue weighted by atomic mass is 10.2. The summed E-state index contributed by atoms with van der Waals surface area (Å²) >= 11 is 0. The minimum absolute atomic E-state index is 0.0723. The molecule has 0 radical (unpaired) electrons. The first-order chi connectivity index (χ1) is 13.9. The summed E-state index contributed by atoms with van der Waals surface area (Å²) in [6.07, 6.45) is 4.48. The van der Waals surface area contributed by atoms with Gasteiger partial charge in [-0.1, -0.05) is 12.8 Å². The highest BCUT2D eigenvalue weighted by atomic mass is 32.2. The molecule has 0 aromatic heterocycles. The molecular formula is C20H32N3O5S+.